The standard InChI is InChI=1S/C19H23ClN6O/c1-13(2)26-12-22-24-19(26)15-4-3-7-25(10-15)11-18(27)23-16-6-5-14(9-21)17(20)8-16/h5-6,8,12-13,15H,3-4,7,10-11H2,1-2H3,(H,23,27). The second kappa shape index (κ2) is 8.51. The molecule has 27 heavy (non-hydrogen) atoms. The SMILES string of the molecule is CC(C)n1cnnc1C1CCCN(CC(=O)Nc2ccc(C#N)c(Cl)c2)C1. The van der Waals surface area contributed by atoms with Gasteiger partial charge in [-0.2, -0.15) is 5.26 Å². The van der Waals surface area contributed by atoms with E-state index in [4.69, 9.17) is 16.9 Å². The van der Waals surface area contributed by atoms with Crippen molar-refractivity contribution in [3.05, 3.63) is 40.9 Å². The average Bonchev–Trinajstić information content (AvgIpc) is 3.12. The number of carbonyl (C=O) groups is 1. The molecule has 1 unspecified atom stereocenters. The predicted molar refractivity (Wildman–Crippen MR) is 104 cm³/mol. The van der Waals surface area contributed by atoms with Gasteiger partial charge in [-0.25, -0.2) is 0 Å². The van der Waals surface area contributed by atoms with Crippen molar-refractivity contribution in [2.24, 2.45) is 0 Å². The molecule has 1 aromatic heterocycles. The van der Waals surface area contributed by atoms with E-state index in [1.165, 1.54) is 0 Å². The van der Waals surface area contributed by atoms with Crippen molar-refractivity contribution in [2.75, 3.05) is 25.0 Å². The first-order valence-electron chi connectivity index (χ1n) is 9.09. The molecule has 1 saturated heterocycles. The van der Waals surface area contributed by atoms with Gasteiger partial charge in [0.05, 0.1) is 17.1 Å². The lowest BCUT2D eigenvalue weighted by Gasteiger charge is -2.32. The molecule has 1 N–H and O–H groups in total. The highest BCUT2D eigenvalue weighted by molar-refractivity contribution is 6.32. The van der Waals surface area contributed by atoms with E-state index >= 15 is 0 Å². The summed E-state index contributed by atoms with van der Waals surface area (Å²) in [4.78, 5) is 14.6. The number of rotatable bonds is 5. The fourth-order valence-electron chi connectivity index (χ4n) is 3.44. The molecule has 1 aromatic carbocycles. The molecular weight excluding hydrogens is 364 g/mol. The maximum absolute atomic E-state index is 12.4. The zero-order valence-electron chi connectivity index (χ0n) is 15.5. The van der Waals surface area contributed by atoms with E-state index in [2.05, 4.69) is 38.8 Å². The molecule has 0 aliphatic carbocycles. The monoisotopic (exact) mass is 386 g/mol. The van der Waals surface area contributed by atoms with Crippen LogP contribution in [0, 0.1) is 11.3 Å². The van der Waals surface area contributed by atoms with Gasteiger partial charge in [-0.15, -0.1) is 10.2 Å². The molecule has 1 aliphatic rings. The summed E-state index contributed by atoms with van der Waals surface area (Å²) in [6.07, 6.45) is 3.85. The maximum Gasteiger partial charge on any atom is 0.238 e. The number of piperidine rings is 1. The number of nitrogens with zero attached hydrogens (tertiary/aromatic N) is 5. The van der Waals surface area contributed by atoms with Crippen molar-refractivity contribution in [1.82, 2.24) is 19.7 Å². The van der Waals surface area contributed by atoms with Crippen LogP contribution in [-0.2, 0) is 4.79 Å². The van der Waals surface area contributed by atoms with Crippen molar-refractivity contribution in [3.63, 3.8) is 0 Å². The summed E-state index contributed by atoms with van der Waals surface area (Å²) in [6, 6.07) is 7.21. The van der Waals surface area contributed by atoms with Gasteiger partial charge >= 0.3 is 0 Å². The Kier molecular flexibility index (Phi) is 6.09. The number of hydrogen-bond acceptors (Lipinski definition) is 5. The molecule has 0 bridgehead atoms. The van der Waals surface area contributed by atoms with Gasteiger partial charge in [-0.1, -0.05) is 11.6 Å². The summed E-state index contributed by atoms with van der Waals surface area (Å²) in [5.41, 5.74) is 0.986. The van der Waals surface area contributed by atoms with Gasteiger partial charge in [0.25, 0.3) is 0 Å². The summed E-state index contributed by atoms with van der Waals surface area (Å²) >= 11 is 6.02. The molecule has 2 heterocycles. The number of benzene rings is 1. The molecule has 1 aliphatic heterocycles. The van der Waals surface area contributed by atoms with Crippen LogP contribution in [0.5, 0.6) is 0 Å². The summed E-state index contributed by atoms with van der Waals surface area (Å²) in [7, 11) is 0. The minimum atomic E-state index is -0.0956. The van der Waals surface area contributed by atoms with E-state index in [-0.39, 0.29) is 11.8 Å². The van der Waals surface area contributed by atoms with Gasteiger partial charge in [-0.3, -0.25) is 9.69 Å². The number of carbonyl (C=O) groups excluding carboxylic acids is 1. The first-order valence-corrected chi connectivity index (χ1v) is 9.47. The third kappa shape index (κ3) is 4.65. The van der Waals surface area contributed by atoms with Crippen LogP contribution in [0.1, 0.15) is 50.0 Å². The van der Waals surface area contributed by atoms with Gasteiger partial charge < -0.3 is 9.88 Å². The Morgan fingerprint density at radius 2 is 2.30 bits per heavy atom. The number of likely N-dealkylation sites (tertiary alicyclic amines) is 1. The van der Waals surface area contributed by atoms with E-state index in [0.29, 0.717) is 28.9 Å². The van der Waals surface area contributed by atoms with Crippen molar-refractivity contribution < 1.29 is 4.79 Å². The molecule has 0 radical (unpaired) electrons. The summed E-state index contributed by atoms with van der Waals surface area (Å²) in [5.74, 6) is 1.18. The first kappa shape index (κ1) is 19.3. The van der Waals surface area contributed by atoms with E-state index in [1.54, 1.807) is 24.5 Å². The first-order chi connectivity index (χ1) is 13.0. The smallest absolute Gasteiger partial charge is 0.238 e. The molecule has 1 fully saturated rings. The second-order valence-corrected chi connectivity index (χ2v) is 7.53. The van der Waals surface area contributed by atoms with Gasteiger partial charge in [0.15, 0.2) is 0 Å². The zero-order valence-corrected chi connectivity index (χ0v) is 16.3. The molecular formula is C19H23ClN6O. The van der Waals surface area contributed by atoms with Gasteiger partial charge in [-0.05, 0) is 51.4 Å². The fraction of sp³-hybridized carbons (Fsp3) is 0.474. The van der Waals surface area contributed by atoms with Crippen LogP contribution in [0.2, 0.25) is 5.02 Å². The van der Waals surface area contributed by atoms with Crippen LogP contribution in [-0.4, -0.2) is 45.2 Å². The highest BCUT2D eigenvalue weighted by Crippen LogP contribution is 2.27. The molecule has 0 saturated carbocycles. The minimum absolute atomic E-state index is 0.0956. The summed E-state index contributed by atoms with van der Waals surface area (Å²) < 4.78 is 2.10. The largest absolute Gasteiger partial charge is 0.325 e. The summed E-state index contributed by atoms with van der Waals surface area (Å²) in [6.45, 7) is 6.21. The molecule has 8 heteroatoms. The van der Waals surface area contributed by atoms with Crippen LogP contribution < -0.4 is 5.32 Å². The Morgan fingerprint density at radius 3 is 3.00 bits per heavy atom. The van der Waals surface area contributed by atoms with Crippen molar-refractivity contribution >= 4 is 23.2 Å². The lowest BCUT2D eigenvalue weighted by Crippen LogP contribution is -2.40. The number of amides is 1. The average molecular weight is 387 g/mol. The topological polar surface area (TPSA) is 86.8 Å². The molecule has 7 nitrogen and oxygen atoms in total. The Balaban J connectivity index is 1.60. The Hall–Kier alpha value is -2.43. The van der Waals surface area contributed by atoms with Gasteiger partial charge in [0.1, 0.15) is 18.2 Å². The highest BCUT2D eigenvalue weighted by Gasteiger charge is 2.27. The fourth-order valence-corrected chi connectivity index (χ4v) is 3.66. The number of anilines is 1. The number of halogens is 1. The van der Waals surface area contributed by atoms with Crippen LogP contribution in [0.15, 0.2) is 24.5 Å². The molecule has 0 spiro atoms. The van der Waals surface area contributed by atoms with Crippen LogP contribution in [0.4, 0.5) is 5.69 Å². The van der Waals surface area contributed by atoms with Crippen LogP contribution in [0.25, 0.3) is 0 Å². The van der Waals surface area contributed by atoms with E-state index in [1.807, 2.05) is 6.07 Å². The van der Waals surface area contributed by atoms with Crippen molar-refractivity contribution in [2.45, 2.75) is 38.6 Å². The number of nitriles is 1. The van der Waals surface area contributed by atoms with E-state index < -0.39 is 0 Å². The number of nitrogens with one attached hydrogen (secondary N) is 1. The molecule has 3 rings (SSSR count). The third-order valence-electron chi connectivity index (χ3n) is 4.77. The third-order valence-corrected chi connectivity index (χ3v) is 5.08. The second-order valence-electron chi connectivity index (χ2n) is 7.12. The van der Waals surface area contributed by atoms with Crippen LogP contribution in [0.3, 0.4) is 0 Å². The van der Waals surface area contributed by atoms with Gasteiger partial charge in [0, 0.05) is 24.2 Å². The lowest BCUT2D eigenvalue weighted by atomic mass is 9.97. The Morgan fingerprint density at radius 1 is 1.48 bits per heavy atom. The zero-order chi connectivity index (χ0) is 19.4. The molecule has 1 atom stereocenters. The minimum Gasteiger partial charge on any atom is -0.325 e. The van der Waals surface area contributed by atoms with Crippen molar-refractivity contribution in [1.29, 1.82) is 5.26 Å². The predicted octanol–water partition coefficient (Wildman–Crippen LogP) is 3.20. The number of aromatic nitrogens is 3. The Labute approximate surface area is 163 Å². The summed E-state index contributed by atoms with van der Waals surface area (Å²) in [5, 5.41) is 20.5. The quantitative estimate of drug-likeness (QED) is 0.852. The molecule has 1 amide bonds. The maximum atomic E-state index is 12.4. The van der Waals surface area contributed by atoms with E-state index in [9.17, 15) is 4.79 Å². The van der Waals surface area contributed by atoms with Gasteiger partial charge in [0.2, 0.25) is 5.91 Å². The number of hydrogen-bond donors (Lipinski definition) is 1. The lowest BCUT2D eigenvalue weighted by molar-refractivity contribution is -0.117. The molecule has 142 valence electrons. The Bertz CT molecular complexity index is 856. The van der Waals surface area contributed by atoms with E-state index in [0.717, 1.165) is 31.8 Å². The molecule has 2 aromatic rings. The van der Waals surface area contributed by atoms with Crippen molar-refractivity contribution in [3.8, 4) is 6.07 Å². The normalized spacial score (nSPS) is 17.7. The highest BCUT2D eigenvalue weighted by atomic mass is 35.5. The van der Waals surface area contributed by atoms with Crippen LogP contribution >= 0.6 is 11.6 Å².